The molecule has 0 radical (unpaired) electrons. The predicted octanol–water partition coefficient (Wildman–Crippen LogP) is 3.07. The number of guanidine groups is 1. The van der Waals surface area contributed by atoms with E-state index in [1.54, 1.807) is 11.9 Å². The Labute approximate surface area is 174 Å². The van der Waals surface area contributed by atoms with E-state index < -0.39 is 11.6 Å². The number of rotatable bonds is 5. The number of nitrogens with one attached hydrogen (secondary N) is 2. The number of imidazole rings is 1. The van der Waals surface area contributed by atoms with Gasteiger partial charge >= 0.3 is 0 Å². The second kappa shape index (κ2) is 8.69. The number of aromatic nitrogens is 2. The van der Waals surface area contributed by atoms with Gasteiger partial charge in [0.15, 0.2) is 5.96 Å². The Kier molecular flexibility index (Phi) is 5.83. The summed E-state index contributed by atoms with van der Waals surface area (Å²) in [5.74, 6) is 0.597. The molecule has 2 heterocycles. The first-order valence-electron chi connectivity index (χ1n) is 10.1. The highest BCUT2D eigenvalue weighted by atomic mass is 19.1. The van der Waals surface area contributed by atoms with Gasteiger partial charge in [-0.1, -0.05) is 18.2 Å². The first-order chi connectivity index (χ1) is 14.6. The van der Waals surface area contributed by atoms with Gasteiger partial charge in [-0.15, -0.1) is 0 Å². The molecule has 2 N–H and O–H groups in total. The number of aryl methyl sites for hydroxylation is 1. The lowest BCUT2D eigenvalue weighted by molar-refractivity contribution is 0.575. The third kappa shape index (κ3) is 4.08. The Morgan fingerprint density at radius 2 is 1.93 bits per heavy atom. The maximum absolute atomic E-state index is 14.1. The summed E-state index contributed by atoms with van der Waals surface area (Å²) < 4.78 is 30.3. The summed E-state index contributed by atoms with van der Waals surface area (Å²) in [6.45, 7) is 4.54. The van der Waals surface area contributed by atoms with E-state index in [0.717, 1.165) is 29.8 Å². The summed E-state index contributed by atoms with van der Waals surface area (Å²) >= 11 is 0. The molecule has 0 spiro atoms. The molecule has 6 nitrogen and oxygen atoms in total. The first-order valence-corrected chi connectivity index (χ1v) is 10.1. The normalized spacial score (nSPS) is 17.0. The van der Waals surface area contributed by atoms with Crippen molar-refractivity contribution in [2.24, 2.45) is 4.99 Å². The summed E-state index contributed by atoms with van der Waals surface area (Å²) in [5.41, 5.74) is 2.15. The van der Waals surface area contributed by atoms with Crippen LogP contribution in [0.3, 0.4) is 0 Å². The zero-order valence-corrected chi connectivity index (χ0v) is 17.2. The molecule has 2 aromatic carbocycles. The molecule has 158 valence electrons. The van der Waals surface area contributed by atoms with E-state index in [1.807, 2.05) is 25.1 Å². The van der Waals surface area contributed by atoms with Crippen LogP contribution in [0.4, 0.5) is 14.5 Å². The van der Waals surface area contributed by atoms with Crippen molar-refractivity contribution in [3.63, 3.8) is 0 Å². The van der Waals surface area contributed by atoms with Gasteiger partial charge in [0, 0.05) is 39.3 Å². The number of anilines is 1. The number of nitrogens with zero attached hydrogens (tertiary/aromatic N) is 4. The lowest BCUT2D eigenvalue weighted by Crippen LogP contribution is -2.45. The maximum atomic E-state index is 14.1. The Morgan fingerprint density at radius 1 is 1.17 bits per heavy atom. The molecule has 8 heteroatoms. The van der Waals surface area contributed by atoms with E-state index in [-0.39, 0.29) is 11.7 Å². The Bertz CT molecular complexity index is 1040. The fourth-order valence-corrected chi connectivity index (χ4v) is 4.02. The third-order valence-electron chi connectivity index (χ3n) is 5.48. The van der Waals surface area contributed by atoms with Crippen molar-refractivity contribution >= 4 is 22.7 Å². The van der Waals surface area contributed by atoms with Crippen molar-refractivity contribution in [1.29, 1.82) is 0 Å². The second-order valence-corrected chi connectivity index (χ2v) is 7.44. The van der Waals surface area contributed by atoms with E-state index >= 15 is 0 Å². The van der Waals surface area contributed by atoms with Gasteiger partial charge in [-0.3, -0.25) is 4.99 Å². The average molecular weight is 412 g/mol. The van der Waals surface area contributed by atoms with Crippen molar-refractivity contribution in [2.45, 2.75) is 25.9 Å². The fourth-order valence-electron chi connectivity index (χ4n) is 4.02. The van der Waals surface area contributed by atoms with Crippen LogP contribution in [0.5, 0.6) is 0 Å². The summed E-state index contributed by atoms with van der Waals surface area (Å²) in [6, 6.07) is 12.1. The minimum Gasteiger partial charge on any atom is -0.365 e. The quantitative estimate of drug-likeness (QED) is 0.500. The molecule has 0 saturated carbocycles. The molecule has 30 heavy (non-hydrogen) atoms. The molecule has 1 unspecified atom stereocenters. The largest absolute Gasteiger partial charge is 0.365 e. The average Bonchev–Trinajstić information content (AvgIpc) is 3.31. The summed E-state index contributed by atoms with van der Waals surface area (Å²) in [5, 5.41) is 6.69. The van der Waals surface area contributed by atoms with E-state index in [9.17, 15) is 8.78 Å². The molecule has 4 rings (SSSR count). The van der Waals surface area contributed by atoms with Crippen LogP contribution in [-0.2, 0) is 6.54 Å². The molecule has 1 aliphatic rings. The van der Waals surface area contributed by atoms with Gasteiger partial charge in [-0.05, 0) is 37.6 Å². The SMILES string of the molecule is CN=C(NCCn1c(C)nc2ccccc21)NC1CCN(c2c(F)cccc2F)C1. The second-order valence-electron chi connectivity index (χ2n) is 7.44. The molecule has 1 aliphatic heterocycles. The summed E-state index contributed by atoms with van der Waals surface area (Å²) in [6.07, 6.45) is 0.778. The lowest BCUT2D eigenvalue weighted by atomic mass is 10.2. The third-order valence-corrected chi connectivity index (χ3v) is 5.48. The van der Waals surface area contributed by atoms with Crippen molar-refractivity contribution in [2.75, 3.05) is 31.6 Å². The highest BCUT2D eigenvalue weighted by Gasteiger charge is 2.27. The van der Waals surface area contributed by atoms with Crippen molar-refractivity contribution in [3.8, 4) is 0 Å². The maximum Gasteiger partial charge on any atom is 0.191 e. The number of hydrogen-bond donors (Lipinski definition) is 2. The van der Waals surface area contributed by atoms with Crippen LogP contribution in [0.25, 0.3) is 11.0 Å². The van der Waals surface area contributed by atoms with Crippen molar-refractivity contribution < 1.29 is 8.78 Å². The Hall–Kier alpha value is -3.16. The van der Waals surface area contributed by atoms with Gasteiger partial charge in [-0.2, -0.15) is 0 Å². The highest BCUT2D eigenvalue weighted by molar-refractivity contribution is 5.80. The van der Waals surface area contributed by atoms with Gasteiger partial charge < -0.3 is 20.1 Å². The monoisotopic (exact) mass is 412 g/mol. The number of aliphatic imine (C=N–C) groups is 1. The molecular weight excluding hydrogens is 386 g/mol. The Morgan fingerprint density at radius 3 is 2.70 bits per heavy atom. The van der Waals surface area contributed by atoms with Crippen LogP contribution < -0.4 is 15.5 Å². The zero-order chi connectivity index (χ0) is 21.1. The number of para-hydroxylation sites is 3. The number of hydrogen-bond acceptors (Lipinski definition) is 3. The Balaban J connectivity index is 1.33. The molecule has 1 atom stereocenters. The minimum absolute atomic E-state index is 0.0483. The molecule has 0 aliphatic carbocycles. The van der Waals surface area contributed by atoms with Crippen LogP contribution in [0.1, 0.15) is 12.2 Å². The predicted molar refractivity (Wildman–Crippen MR) is 116 cm³/mol. The van der Waals surface area contributed by atoms with Crippen LogP contribution in [-0.4, -0.2) is 48.2 Å². The standard InChI is InChI=1S/C22H26F2N6/c1-15-27-19-8-3-4-9-20(19)30(15)13-11-26-22(25-2)28-16-10-12-29(14-16)21-17(23)6-5-7-18(21)24/h3-9,16H,10-14H2,1-2H3,(H2,25,26,28). The highest BCUT2D eigenvalue weighted by Crippen LogP contribution is 2.26. The molecular formula is C22H26F2N6. The topological polar surface area (TPSA) is 57.5 Å². The van der Waals surface area contributed by atoms with Crippen LogP contribution in [0.2, 0.25) is 0 Å². The molecule has 1 saturated heterocycles. The van der Waals surface area contributed by atoms with E-state index in [4.69, 9.17) is 0 Å². The number of fused-ring (bicyclic) bond motifs is 1. The molecule has 1 fully saturated rings. The van der Waals surface area contributed by atoms with Gasteiger partial charge in [0.2, 0.25) is 0 Å². The molecule has 3 aromatic rings. The first kappa shape index (κ1) is 20.1. The van der Waals surface area contributed by atoms with Crippen LogP contribution >= 0.6 is 0 Å². The van der Waals surface area contributed by atoms with Crippen LogP contribution in [0.15, 0.2) is 47.5 Å². The van der Waals surface area contributed by atoms with Gasteiger partial charge in [0.05, 0.1) is 11.0 Å². The molecule has 1 aromatic heterocycles. The lowest BCUT2D eigenvalue weighted by Gasteiger charge is -2.21. The summed E-state index contributed by atoms with van der Waals surface area (Å²) in [7, 11) is 1.72. The zero-order valence-electron chi connectivity index (χ0n) is 17.2. The molecule has 0 amide bonds. The van der Waals surface area contributed by atoms with Crippen molar-refractivity contribution in [1.82, 2.24) is 20.2 Å². The van der Waals surface area contributed by atoms with Gasteiger partial charge in [-0.25, -0.2) is 13.8 Å². The van der Waals surface area contributed by atoms with Gasteiger partial charge in [0.25, 0.3) is 0 Å². The van der Waals surface area contributed by atoms with Crippen molar-refractivity contribution in [3.05, 3.63) is 59.9 Å². The van der Waals surface area contributed by atoms with E-state index in [1.165, 1.54) is 18.2 Å². The van der Waals surface area contributed by atoms with Gasteiger partial charge in [0.1, 0.15) is 23.1 Å². The minimum atomic E-state index is -0.527. The number of halogens is 2. The fraction of sp³-hybridized carbons (Fsp3) is 0.364. The van der Waals surface area contributed by atoms with E-state index in [0.29, 0.717) is 25.6 Å². The van der Waals surface area contributed by atoms with Crippen LogP contribution in [0, 0.1) is 18.6 Å². The summed E-state index contributed by atoms with van der Waals surface area (Å²) in [4.78, 5) is 10.6. The number of benzene rings is 2. The smallest absolute Gasteiger partial charge is 0.191 e. The van der Waals surface area contributed by atoms with E-state index in [2.05, 4.69) is 31.2 Å². The molecule has 0 bridgehead atoms.